The van der Waals surface area contributed by atoms with Crippen LogP contribution in [0.1, 0.15) is 24.2 Å². The lowest BCUT2D eigenvalue weighted by Crippen LogP contribution is -2.30. The van der Waals surface area contributed by atoms with E-state index in [4.69, 9.17) is 0 Å². The minimum Gasteiger partial charge on any atom is -0.321 e. The molecule has 0 saturated carbocycles. The van der Waals surface area contributed by atoms with Gasteiger partial charge in [0.05, 0.1) is 10.6 Å². The largest absolute Gasteiger partial charge is 0.321 e. The van der Waals surface area contributed by atoms with Gasteiger partial charge in [-0.25, -0.2) is 25.9 Å². The molecule has 0 aromatic heterocycles. The standard InChI is InChI=1S/C18H23N3O5S2/c1-13(2)20-27(23,24)15-9-7-8-14(12-15)18(22)19-16-10-5-6-11-17(16)28(25,26)21(3)4/h5-13,20H,1-4H3,(H,19,22). The van der Waals surface area contributed by atoms with E-state index in [-0.39, 0.29) is 27.1 Å². The van der Waals surface area contributed by atoms with Crippen molar-refractivity contribution in [2.45, 2.75) is 29.7 Å². The lowest BCUT2D eigenvalue weighted by Gasteiger charge is -2.16. The summed E-state index contributed by atoms with van der Waals surface area (Å²) in [6, 6.07) is 11.2. The summed E-state index contributed by atoms with van der Waals surface area (Å²) in [7, 11) is -4.75. The first-order valence-corrected chi connectivity index (χ1v) is 11.3. The lowest BCUT2D eigenvalue weighted by molar-refractivity contribution is 0.102. The van der Waals surface area contributed by atoms with E-state index in [1.165, 1.54) is 50.5 Å². The lowest BCUT2D eigenvalue weighted by atomic mass is 10.2. The van der Waals surface area contributed by atoms with Crippen molar-refractivity contribution in [3.05, 3.63) is 54.1 Å². The summed E-state index contributed by atoms with van der Waals surface area (Å²) < 4.78 is 53.0. The number of hydrogen-bond donors (Lipinski definition) is 2. The molecule has 2 N–H and O–H groups in total. The fraction of sp³-hybridized carbons (Fsp3) is 0.278. The van der Waals surface area contributed by atoms with Gasteiger partial charge in [0.2, 0.25) is 20.0 Å². The minimum absolute atomic E-state index is 0.0527. The summed E-state index contributed by atoms with van der Waals surface area (Å²) in [5.74, 6) is -0.622. The first-order chi connectivity index (χ1) is 12.9. The Kier molecular flexibility index (Phi) is 6.60. The smallest absolute Gasteiger partial charge is 0.255 e. The summed E-state index contributed by atoms with van der Waals surface area (Å²) >= 11 is 0. The summed E-state index contributed by atoms with van der Waals surface area (Å²) in [4.78, 5) is 12.5. The van der Waals surface area contributed by atoms with Crippen LogP contribution in [0.2, 0.25) is 0 Å². The number of hydrogen-bond acceptors (Lipinski definition) is 5. The van der Waals surface area contributed by atoms with Crippen molar-refractivity contribution >= 4 is 31.6 Å². The molecule has 0 fully saturated rings. The molecule has 28 heavy (non-hydrogen) atoms. The monoisotopic (exact) mass is 425 g/mol. The maximum Gasteiger partial charge on any atom is 0.255 e. The van der Waals surface area contributed by atoms with Gasteiger partial charge in [-0.2, -0.15) is 0 Å². The Morgan fingerprint density at radius 2 is 1.61 bits per heavy atom. The number of carbonyl (C=O) groups is 1. The van der Waals surface area contributed by atoms with Crippen LogP contribution in [-0.2, 0) is 20.0 Å². The normalized spacial score (nSPS) is 12.4. The van der Waals surface area contributed by atoms with Crippen molar-refractivity contribution in [1.82, 2.24) is 9.03 Å². The third-order valence-electron chi connectivity index (χ3n) is 3.69. The first-order valence-electron chi connectivity index (χ1n) is 8.40. The summed E-state index contributed by atoms with van der Waals surface area (Å²) in [5.41, 5.74) is 0.193. The van der Waals surface area contributed by atoms with E-state index in [1.54, 1.807) is 26.0 Å². The highest BCUT2D eigenvalue weighted by Gasteiger charge is 2.23. The third kappa shape index (κ3) is 4.96. The molecular weight excluding hydrogens is 402 g/mol. The van der Waals surface area contributed by atoms with E-state index >= 15 is 0 Å². The average Bonchev–Trinajstić information content (AvgIpc) is 2.61. The molecule has 0 radical (unpaired) electrons. The van der Waals surface area contributed by atoms with Gasteiger partial charge < -0.3 is 5.32 Å². The Morgan fingerprint density at radius 3 is 2.21 bits per heavy atom. The second-order valence-electron chi connectivity index (χ2n) is 6.54. The van der Waals surface area contributed by atoms with Crippen molar-refractivity contribution in [3.63, 3.8) is 0 Å². The zero-order valence-corrected chi connectivity index (χ0v) is 17.6. The Morgan fingerprint density at radius 1 is 0.964 bits per heavy atom. The number of sulfonamides is 2. The fourth-order valence-electron chi connectivity index (χ4n) is 2.37. The second kappa shape index (κ2) is 8.39. The first kappa shape index (κ1) is 22.0. The Labute approximate surface area is 165 Å². The number of para-hydroxylation sites is 1. The summed E-state index contributed by atoms with van der Waals surface area (Å²) in [6.07, 6.45) is 0. The van der Waals surface area contributed by atoms with Crippen LogP contribution in [0.15, 0.2) is 58.3 Å². The molecule has 0 atom stereocenters. The van der Waals surface area contributed by atoms with Gasteiger partial charge in [-0.05, 0) is 44.2 Å². The van der Waals surface area contributed by atoms with E-state index in [0.29, 0.717) is 0 Å². The molecule has 0 aliphatic heterocycles. The van der Waals surface area contributed by atoms with Crippen LogP contribution in [0, 0.1) is 0 Å². The topological polar surface area (TPSA) is 113 Å². The molecule has 0 saturated heterocycles. The molecule has 2 aromatic carbocycles. The van der Waals surface area contributed by atoms with Crippen LogP contribution in [0.25, 0.3) is 0 Å². The predicted octanol–water partition coefficient (Wildman–Crippen LogP) is 1.88. The molecule has 0 heterocycles. The van der Waals surface area contributed by atoms with Gasteiger partial charge in [-0.3, -0.25) is 4.79 Å². The highest BCUT2D eigenvalue weighted by atomic mass is 32.2. The minimum atomic E-state index is -3.77. The molecule has 1 amide bonds. The number of nitrogens with zero attached hydrogens (tertiary/aromatic N) is 1. The number of benzene rings is 2. The van der Waals surface area contributed by atoms with Crippen LogP contribution < -0.4 is 10.0 Å². The van der Waals surface area contributed by atoms with E-state index < -0.39 is 26.0 Å². The zero-order valence-electron chi connectivity index (χ0n) is 16.0. The zero-order chi connectivity index (χ0) is 21.1. The van der Waals surface area contributed by atoms with E-state index in [1.807, 2.05) is 0 Å². The SMILES string of the molecule is CC(C)NS(=O)(=O)c1cccc(C(=O)Nc2ccccc2S(=O)(=O)N(C)C)c1. The van der Waals surface area contributed by atoms with Crippen LogP contribution in [-0.4, -0.2) is 47.2 Å². The average molecular weight is 426 g/mol. The third-order valence-corrected chi connectivity index (χ3v) is 7.22. The van der Waals surface area contributed by atoms with E-state index in [9.17, 15) is 21.6 Å². The molecule has 10 heteroatoms. The number of nitrogens with one attached hydrogen (secondary N) is 2. The van der Waals surface area contributed by atoms with Crippen molar-refractivity contribution in [2.75, 3.05) is 19.4 Å². The number of rotatable bonds is 7. The second-order valence-corrected chi connectivity index (χ2v) is 10.4. The quantitative estimate of drug-likeness (QED) is 0.703. The molecule has 0 aliphatic carbocycles. The van der Waals surface area contributed by atoms with E-state index in [0.717, 1.165) is 4.31 Å². The van der Waals surface area contributed by atoms with Crippen LogP contribution in [0.4, 0.5) is 5.69 Å². The molecule has 0 bridgehead atoms. The fourth-order valence-corrected chi connectivity index (χ4v) is 4.71. The maximum absolute atomic E-state index is 12.6. The van der Waals surface area contributed by atoms with Crippen LogP contribution in [0.5, 0.6) is 0 Å². The molecule has 2 rings (SSSR count). The Hall–Kier alpha value is -2.27. The summed E-state index contributed by atoms with van der Waals surface area (Å²) in [5, 5.41) is 2.55. The number of carbonyl (C=O) groups excluding carboxylic acids is 1. The van der Waals surface area contributed by atoms with Gasteiger partial charge in [-0.1, -0.05) is 18.2 Å². The number of amides is 1. The molecule has 2 aromatic rings. The van der Waals surface area contributed by atoms with Gasteiger partial charge in [0.25, 0.3) is 5.91 Å². The molecule has 0 unspecified atom stereocenters. The van der Waals surface area contributed by atoms with E-state index in [2.05, 4.69) is 10.0 Å². The van der Waals surface area contributed by atoms with Crippen molar-refractivity contribution in [3.8, 4) is 0 Å². The van der Waals surface area contributed by atoms with Crippen molar-refractivity contribution in [2.24, 2.45) is 0 Å². The predicted molar refractivity (Wildman–Crippen MR) is 107 cm³/mol. The van der Waals surface area contributed by atoms with Crippen LogP contribution >= 0.6 is 0 Å². The highest BCUT2D eigenvalue weighted by Crippen LogP contribution is 2.24. The van der Waals surface area contributed by atoms with Gasteiger partial charge in [0.15, 0.2) is 0 Å². The van der Waals surface area contributed by atoms with Gasteiger partial charge in [0.1, 0.15) is 4.90 Å². The maximum atomic E-state index is 12.6. The summed E-state index contributed by atoms with van der Waals surface area (Å²) in [6.45, 7) is 3.38. The molecule has 152 valence electrons. The highest BCUT2D eigenvalue weighted by molar-refractivity contribution is 7.89. The van der Waals surface area contributed by atoms with Crippen molar-refractivity contribution < 1.29 is 21.6 Å². The van der Waals surface area contributed by atoms with Gasteiger partial charge >= 0.3 is 0 Å². The van der Waals surface area contributed by atoms with Crippen LogP contribution in [0.3, 0.4) is 0 Å². The van der Waals surface area contributed by atoms with Gasteiger partial charge in [-0.15, -0.1) is 0 Å². The molecule has 8 nitrogen and oxygen atoms in total. The number of anilines is 1. The molecule has 0 aliphatic rings. The van der Waals surface area contributed by atoms with Gasteiger partial charge in [0, 0.05) is 25.7 Å². The van der Waals surface area contributed by atoms with Crippen molar-refractivity contribution in [1.29, 1.82) is 0 Å². The molecular formula is C18H23N3O5S2. The Bertz CT molecular complexity index is 1080. The molecule has 0 spiro atoms. The Balaban J connectivity index is 2.37.